The molecule has 0 aliphatic carbocycles. The van der Waals surface area contributed by atoms with Crippen LogP contribution in [0.4, 0.5) is 5.69 Å². The van der Waals surface area contributed by atoms with Crippen molar-refractivity contribution in [1.29, 1.82) is 0 Å². The van der Waals surface area contributed by atoms with Crippen LogP contribution >= 0.6 is 0 Å². The molecule has 3 aromatic heterocycles. The zero-order chi connectivity index (χ0) is 18.3. The van der Waals surface area contributed by atoms with E-state index in [2.05, 4.69) is 15.1 Å². The van der Waals surface area contributed by atoms with E-state index in [4.69, 9.17) is 0 Å². The summed E-state index contributed by atoms with van der Waals surface area (Å²) in [5.41, 5.74) is 4.06. The van der Waals surface area contributed by atoms with Crippen LogP contribution in [-0.2, 0) is 0 Å². The van der Waals surface area contributed by atoms with Crippen molar-refractivity contribution >= 4 is 16.7 Å². The van der Waals surface area contributed by atoms with E-state index in [-0.39, 0.29) is 5.69 Å². The fourth-order valence-corrected chi connectivity index (χ4v) is 3.04. The van der Waals surface area contributed by atoms with E-state index in [1.54, 1.807) is 10.9 Å². The molecule has 0 bridgehead atoms. The van der Waals surface area contributed by atoms with E-state index in [1.165, 1.54) is 6.20 Å². The lowest BCUT2D eigenvalue weighted by Crippen LogP contribution is -1.99. The van der Waals surface area contributed by atoms with E-state index in [1.807, 2.05) is 56.3 Å². The number of benzene rings is 1. The molecule has 0 atom stereocenters. The summed E-state index contributed by atoms with van der Waals surface area (Å²) in [6.45, 7) is 3.71. The first-order valence-corrected chi connectivity index (χ1v) is 8.07. The lowest BCUT2D eigenvalue weighted by atomic mass is 10.0. The number of fused-ring (bicyclic) bond motifs is 1. The van der Waals surface area contributed by atoms with Crippen LogP contribution in [0.15, 0.2) is 54.9 Å². The van der Waals surface area contributed by atoms with Crippen molar-refractivity contribution in [3.05, 3.63) is 76.4 Å². The molecule has 0 saturated carbocycles. The molecule has 0 amide bonds. The highest BCUT2D eigenvalue weighted by Gasteiger charge is 2.24. The third-order valence-corrected chi connectivity index (χ3v) is 4.25. The lowest BCUT2D eigenvalue weighted by Gasteiger charge is -2.07. The number of aromatic nitrogens is 4. The molecule has 0 aliphatic rings. The minimum Gasteiger partial charge on any atom is -0.261 e. The Labute approximate surface area is 149 Å². The van der Waals surface area contributed by atoms with Crippen LogP contribution in [0.25, 0.3) is 27.8 Å². The Hall–Kier alpha value is -3.61. The van der Waals surface area contributed by atoms with Gasteiger partial charge >= 0.3 is 0 Å². The zero-order valence-corrected chi connectivity index (χ0v) is 14.2. The Morgan fingerprint density at radius 3 is 2.42 bits per heavy atom. The third kappa shape index (κ3) is 2.50. The second-order valence-corrected chi connectivity index (χ2v) is 6.00. The van der Waals surface area contributed by atoms with Gasteiger partial charge in [0.15, 0.2) is 5.65 Å². The molecular weight excluding hydrogens is 330 g/mol. The van der Waals surface area contributed by atoms with Crippen molar-refractivity contribution in [2.24, 2.45) is 0 Å². The normalized spacial score (nSPS) is 11.0. The van der Waals surface area contributed by atoms with Crippen LogP contribution in [0.1, 0.15) is 11.4 Å². The molecule has 0 unspecified atom stereocenters. The number of nitrogens with zero attached hydrogens (tertiary/aromatic N) is 5. The van der Waals surface area contributed by atoms with Gasteiger partial charge in [0.2, 0.25) is 0 Å². The SMILES string of the molecule is Cc1ccc(-c2c([N+](=O)[O-])cnc3c2c(C)nn3-c2ccccc2)cn1. The predicted octanol–water partition coefficient (Wildman–Crippen LogP) is 4.01. The van der Waals surface area contributed by atoms with Gasteiger partial charge in [0.1, 0.15) is 6.20 Å². The summed E-state index contributed by atoms with van der Waals surface area (Å²) in [5.74, 6) is 0. The number of para-hydroxylation sites is 1. The maximum atomic E-state index is 11.6. The van der Waals surface area contributed by atoms with E-state index in [0.29, 0.717) is 27.9 Å². The van der Waals surface area contributed by atoms with Crippen LogP contribution in [-0.4, -0.2) is 24.7 Å². The minimum atomic E-state index is -0.416. The van der Waals surface area contributed by atoms with Crippen molar-refractivity contribution < 1.29 is 4.92 Å². The van der Waals surface area contributed by atoms with Gasteiger partial charge in [-0.05, 0) is 32.0 Å². The van der Waals surface area contributed by atoms with E-state index < -0.39 is 4.92 Å². The standard InChI is InChI=1S/C19H15N5O2/c1-12-8-9-14(10-20-12)18-16(24(25)26)11-21-19-17(18)13(2)22-23(19)15-6-4-3-5-7-15/h3-11H,1-2H3. The van der Waals surface area contributed by atoms with Crippen molar-refractivity contribution in [2.45, 2.75) is 13.8 Å². The van der Waals surface area contributed by atoms with Gasteiger partial charge < -0.3 is 0 Å². The average molecular weight is 345 g/mol. The summed E-state index contributed by atoms with van der Waals surface area (Å²) >= 11 is 0. The second-order valence-electron chi connectivity index (χ2n) is 6.00. The van der Waals surface area contributed by atoms with Crippen LogP contribution in [0, 0.1) is 24.0 Å². The molecule has 0 spiro atoms. The topological polar surface area (TPSA) is 86.7 Å². The molecule has 0 N–H and O–H groups in total. The molecule has 7 nitrogen and oxygen atoms in total. The van der Waals surface area contributed by atoms with Crippen molar-refractivity contribution in [1.82, 2.24) is 19.7 Å². The molecular formula is C19H15N5O2. The highest BCUT2D eigenvalue weighted by molar-refractivity contribution is 5.99. The molecule has 3 heterocycles. The predicted molar refractivity (Wildman–Crippen MR) is 98.2 cm³/mol. The van der Waals surface area contributed by atoms with E-state index in [0.717, 1.165) is 11.4 Å². The van der Waals surface area contributed by atoms with E-state index in [9.17, 15) is 10.1 Å². The van der Waals surface area contributed by atoms with Gasteiger partial charge in [0.05, 0.1) is 27.3 Å². The molecule has 4 aromatic rings. The van der Waals surface area contributed by atoms with E-state index >= 15 is 0 Å². The molecule has 1 aromatic carbocycles. The fourth-order valence-electron chi connectivity index (χ4n) is 3.04. The number of rotatable bonds is 3. The van der Waals surface area contributed by atoms with Crippen LogP contribution in [0.2, 0.25) is 0 Å². The van der Waals surface area contributed by atoms with Gasteiger partial charge in [-0.25, -0.2) is 9.67 Å². The summed E-state index contributed by atoms with van der Waals surface area (Å²) in [4.78, 5) is 19.8. The first-order chi connectivity index (χ1) is 12.6. The molecule has 0 aliphatic heterocycles. The highest BCUT2D eigenvalue weighted by Crippen LogP contribution is 2.37. The third-order valence-electron chi connectivity index (χ3n) is 4.25. The molecule has 0 radical (unpaired) electrons. The average Bonchev–Trinajstić information content (AvgIpc) is 2.99. The fraction of sp³-hybridized carbons (Fsp3) is 0.105. The van der Waals surface area contributed by atoms with Gasteiger partial charge in [0, 0.05) is 17.5 Å². The Morgan fingerprint density at radius 2 is 1.77 bits per heavy atom. The molecule has 0 saturated heterocycles. The Bertz CT molecular complexity index is 1120. The number of hydrogen-bond donors (Lipinski definition) is 0. The smallest absolute Gasteiger partial charge is 0.261 e. The van der Waals surface area contributed by atoms with Gasteiger partial charge in [-0.2, -0.15) is 5.10 Å². The maximum absolute atomic E-state index is 11.6. The summed E-state index contributed by atoms with van der Waals surface area (Å²) in [6, 6.07) is 13.3. The summed E-state index contributed by atoms with van der Waals surface area (Å²) < 4.78 is 1.71. The van der Waals surface area contributed by atoms with Crippen LogP contribution < -0.4 is 0 Å². The monoisotopic (exact) mass is 345 g/mol. The summed E-state index contributed by atoms with van der Waals surface area (Å²) in [6.07, 6.45) is 2.94. The minimum absolute atomic E-state index is 0.0566. The van der Waals surface area contributed by atoms with Crippen molar-refractivity contribution in [3.63, 3.8) is 0 Å². The quantitative estimate of drug-likeness (QED) is 0.413. The number of hydrogen-bond acceptors (Lipinski definition) is 5. The summed E-state index contributed by atoms with van der Waals surface area (Å²) in [7, 11) is 0. The summed E-state index contributed by atoms with van der Waals surface area (Å²) in [5, 5.41) is 16.8. The van der Waals surface area contributed by atoms with Crippen molar-refractivity contribution in [3.8, 4) is 16.8 Å². The van der Waals surface area contributed by atoms with Gasteiger partial charge in [0.25, 0.3) is 5.69 Å². The molecule has 0 fully saturated rings. The molecule has 128 valence electrons. The molecule has 4 rings (SSSR count). The first-order valence-electron chi connectivity index (χ1n) is 8.07. The van der Waals surface area contributed by atoms with Gasteiger partial charge in [-0.3, -0.25) is 15.1 Å². The van der Waals surface area contributed by atoms with Gasteiger partial charge in [-0.15, -0.1) is 0 Å². The highest BCUT2D eigenvalue weighted by atomic mass is 16.6. The number of pyridine rings is 2. The number of nitro groups is 1. The second kappa shape index (κ2) is 6.03. The Morgan fingerprint density at radius 1 is 1.00 bits per heavy atom. The lowest BCUT2D eigenvalue weighted by molar-refractivity contribution is -0.384. The zero-order valence-electron chi connectivity index (χ0n) is 14.2. The van der Waals surface area contributed by atoms with Crippen molar-refractivity contribution in [2.75, 3.05) is 0 Å². The van der Waals surface area contributed by atoms with Gasteiger partial charge in [-0.1, -0.05) is 24.3 Å². The Balaban J connectivity index is 2.08. The Kier molecular flexibility index (Phi) is 3.69. The molecule has 26 heavy (non-hydrogen) atoms. The maximum Gasteiger partial charge on any atom is 0.296 e. The van der Waals surface area contributed by atoms with Crippen LogP contribution in [0.5, 0.6) is 0 Å². The largest absolute Gasteiger partial charge is 0.296 e. The number of aryl methyl sites for hydroxylation is 2. The van der Waals surface area contributed by atoms with Crippen LogP contribution in [0.3, 0.4) is 0 Å². The molecule has 7 heteroatoms. The first kappa shape index (κ1) is 15.9.